The van der Waals surface area contributed by atoms with Gasteiger partial charge in [0.05, 0.1) is 0 Å². The molecule has 0 aliphatic carbocycles. The van der Waals surface area contributed by atoms with Gasteiger partial charge in [0.15, 0.2) is 0 Å². The fraction of sp³-hybridized carbons (Fsp3) is 0.800. The summed E-state index contributed by atoms with van der Waals surface area (Å²) in [5, 5.41) is 0.363. The molecule has 0 bridgehead atoms. The number of hydrogen-bond acceptors (Lipinski definition) is 2. The molecule has 0 aliphatic rings. The minimum Gasteiger partial charge on any atom is -0.288 e. The molecular formula is C10H19NS. The average molecular weight is 185 g/mol. The second-order valence-corrected chi connectivity index (χ2v) is 3.89. The van der Waals surface area contributed by atoms with E-state index in [0.717, 1.165) is 6.42 Å². The zero-order chi connectivity index (χ0) is 9.40. The first-order valence-corrected chi connectivity index (χ1v) is 5.68. The van der Waals surface area contributed by atoms with Gasteiger partial charge >= 0.3 is 0 Å². The SMILES string of the molecule is CCCCC#CC(SC)N(C)C. The average Bonchev–Trinajstić information content (AvgIpc) is 2.04. The highest BCUT2D eigenvalue weighted by Gasteiger charge is 2.02. The Hall–Kier alpha value is -0.130. The summed E-state index contributed by atoms with van der Waals surface area (Å²) in [6.45, 7) is 2.19. The maximum Gasteiger partial charge on any atom is 0.117 e. The molecular weight excluding hydrogens is 166 g/mol. The van der Waals surface area contributed by atoms with Crippen LogP contribution >= 0.6 is 11.8 Å². The van der Waals surface area contributed by atoms with Crippen LogP contribution < -0.4 is 0 Å². The fourth-order valence-corrected chi connectivity index (χ4v) is 1.45. The third kappa shape index (κ3) is 5.51. The highest BCUT2D eigenvalue weighted by Crippen LogP contribution is 2.07. The van der Waals surface area contributed by atoms with Crippen LogP contribution in [0.3, 0.4) is 0 Å². The minimum atomic E-state index is 0.363. The summed E-state index contributed by atoms with van der Waals surface area (Å²) in [4.78, 5) is 2.14. The van der Waals surface area contributed by atoms with E-state index in [1.165, 1.54) is 12.8 Å². The summed E-state index contributed by atoms with van der Waals surface area (Å²) in [6, 6.07) is 0. The Balaban J connectivity index is 3.72. The predicted molar refractivity (Wildman–Crippen MR) is 58.3 cm³/mol. The molecule has 12 heavy (non-hydrogen) atoms. The number of unbranched alkanes of at least 4 members (excludes halogenated alkanes) is 2. The van der Waals surface area contributed by atoms with Gasteiger partial charge in [0, 0.05) is 6.42 Å². The Morgan fingerprint density at radius 1 is 1.42 bits per heavy atom. The maximum absolute atomic E-state index is 3.24. The number of rotatable bonds is 4. The first-order chi connectivity index (χ1) is 5.72. The lowest BCUT2D eigenvalue weighted by molar-refractivity contribution is 0.436. The zero-order valence-electron chi connectivity index (χ0n) is 8.55. The Morgan fingerprint density at radius 2 is 2.08 bits per heavy atom. The van der Waals surface area contributed by atoms with Crippen LogP contribution in [0.2, 0.25) is 0 Å². The van der Waals surface area contributed by atoms with Crippen LogP contribution in [-0.4, -0.2) is 30.6 Å². The third-order valence-electron chi connectivity index (χ3n) is 1.57. The van der Waals surface area contributed by atoms with Crippen molar-refractivity contribution in [3.05, 3.63) is 0 Å². The van der Waals surface area contributed by atoms with Gasteiger partial charge in [-0.15, -0.1) is 17.7 Å². The van der Waals surface area contributed by atoms with Gasteiger partial charge in [0.25, 0.3) is 0 Å². The monoisotopic (exact) mass is 185 g/mol. The van der Waals surface area contributed by atoms with Gasteiger partial charge in [-0.05, 0) is 26.8 Å². The quantitative estimate of drug-likeness (QED) is 0.376. The van der Waals surface area contributed by atoms with Crippen LogP contribution in [0.1, 0.15) is 26.2 Å². The second kappa shape index (κ2) is 7.52. The van der Waals surface area contributed by atoms with Gasteiger partial charge in [0.1, 0.15) is 5.37 Å². The molecule has 0 fully saturated rings. The third-order valence-corrected chi connectivity index (χ3v) is 2.56. The summed E-state index contributed by atoms with van der Waals surface area (Å²) < 4.78 is 0. The zero-order valence-corrected chi connectivity index (χ0v) is 9.37. The molecule has 2 heteroatoms. The van der Waals surface area contributed by atoms with Crippen molar-refractivity contribution in [1.82, 2.24) is 4.90 Å². The predicted octanol–water partition coefficient (Wildman–Crippen LogP) is 2.43. The number of thioether (sulfide) groups is 1. The van der Waals surface area contributed by atoms with Gasteiger partial charge in [0.2, 0.25) is 0 Å². The van der Waals surface area contributed by atoms with Crippen molar-refractivity contribution in [2.45, 2.75) is 31.6 Å². The smallest absolute Gasteiger partial charge is 0.117 e. The molecule has 70 valence electrons. The van der Waals surface area contributed by atoms with Crippen LogP contribution in [0.4, 0.5) is 0 Å². The number of hydrogen-bond donors (Lipinski definition) is 0. The normalized spacial score (nSPS) is 12.4. The summed E-state index contributed by atoms with van der Waals surface area (Å²) in [5.74, 6) is 6.45. The van der Waals surface area contributed by atoms with Crippen molar-refractivity contribution in [3.63, 3.8) is 0 Å². The molecule has 0 heterocycles. The fourth-order valence-electron chi connectivity index (χ4n) is 0.823. The molecule has 0 aromatic carbocycles. The summed E-state index contributed by atoms with van der Waals surface area (Å²) in [6.07, 6.45) is 5.60. The van der Waals surface area contributed by atoms with Crippen molar-refractivity contribution < 1.29 is 0 Å². The highest BCUT2D eigenvalue weighted by molar-refractivity contribution is 7.99. The molecule has 0 amide bonds. The van der Waals surface area contributed by atoms with E-state index in [4.69, 9.17) is 0 Å². The van der Waals surface area contributed by atoms with Crippen molar-refractivity contribution >= 4 is 11.8 Å². The lowest BCUT2D eigenvalue weighted by atomic mass is 10.2. The van der Waals surface area contributed by atoms with Crippen LogP contribution in [-0.2, 0) is 0 Å². The number of nitrogens with zero attached hydrogens (tertiary/aromatic N) is 1. The lowest BCUT2D eigenvalue weighted by Crippen LogP contribution is -2.22. The van der Waals surface area contributed by atoms with Crippen molar-refractivity contribution in [1.29, 1.82) is 0 Å². The molecule has 0 aromatic rings. The van der Waals surface area contributed by atoms with Gasteiger partial charge in [-0.1, -0.05) is 19.3 Å². The molecule has 0 radical (unpaired) electrons. The van der Waals surface area contributed by atoms with Gasteiger partial charge in [-0.25, -0.2) is 0 Å². The van der Waals surface area contributed by atoms with E-state index in [1.807, 2.05) is 0 Å². The van der Waals surface area contributed by atoms with Crippen LogP contribution in [0.15, 0.2) is 0 Å². The van der Waals surface area contributed by atoms with Crippen LogP contribution in [0.25, 0.3) is 0 Å². The standard InChI is InChI=1S/C10H19NS/c1-5-6-7-8-9-10(12-4)11(2)3/h10H,5-7H2,1-4H3. The Morgan fingerprint density at radius 3 is 2.50 bits per heavy atom. The molecule has 0 aliphatic heterocycles. The molecule has 0 spiro atoms. The van der Waals surface area contributed by atoms with E-state index in [1.54, 1.807) is 11.8 Å². The van der Waals surface area contributed by atoms with E-state index in [-0.39, 0.29) is 0 Å². The largest absolute Gasteiger partial charge is 0.288 e. The van der Waals surface area contributed by atoms with Gasteiger partial charge in [-0.3, -0.25) is 4.90 Å². The molecule has 0 N–H and O–H groups in total. The summed E-state index contributed by atoms with van der Waals surface area (Å²) in [5.41, 5.74) is 0. The Labute approximate surface area is 80.9 Å². The van der Waals surface area contributed by atoms with Crippen LogP contribution in [0.5, 0.6) is 0 Å². The topological polar surface area (TPSA) is 3.24 Å². The first kappa shape index (κ1) is 11.9. The second-order valence-electron chi connectivity index (χ2n) is 2.98. The summed E-state index contributed by atoms with van der Waals surface area (Å²) in [7, 11) is 4.13. The van der Waals surface area contributed by atoms with E-state index in [2.05, 4.69) is 44.0 Å². The van der Waals surface area contributed by atoms with Gasteiger partial charge < -0.3 is 0 Å². The molecule has 1 nitrogen and oxygen atoms in total. The molecule has 0 rings (SSSR count). The Bertz CT molecular complexity index is 155. The van der Waals surface area contributed by atoms with Crippen molar-refractivity contribution in [2.75, 3.05) is 20.4 Å². The molecule has 1 unspecified atom stereocenters. The molecule has 0 aromatic heterocycles. The van der Waals surface area contributed by atoms with E-state index >= 15 is 0 Å². The lowest BCUT2D eigenvalue weighted by Gasteiger charge is -2.15. The highest BCUT2D eigenvalue weighted by atomic mass is 32.2. The first-order valence-electron chi connectivity index (χ1n) is 4.40. The molecule has 0 saturated heterocycles. The summed E-state index contributed by atoms with van der Waals surface area (Å²) >= 11 is 1.79. The van der Waals surface area contributed by atoms with Crippen LogP contribution in [0, 0.1) is 11.8 Å². The van der Waals surface area contributed by atoms with E-state index in [0.29, 0.717) is 5.37 Å². The maximum atomic E-state index is 3.24. The van der Waals surface area contributed by atoms with E-state index in [9.17, 15) is 0 Å². The Kier molecular flexibility index (Phi) is 7.43. The minimum absolute atomic E-state index is 0.363. The van der Waals surface area contributed by atoms with Crippen molar-refractivity contribution in [2.24, 2.45) is 0 Å². The molecule has 0 saturated carbocycles. The van der Waals surface area contributed by atoms with Crippen molar-refractivity contribution in [3.8, 4) is 11.8 Å². The van der Waals surface area contributed by atoms with E-state index < -0.39 is 0 Å². The molecule has 1 atom stereocenters. The van der Waals surface area contributed by atoms with Gasteiger partial charge in [-0.2, -0.15) is 0 Å².